The Labute approximate surface area is 123 Å². The third-order valence-corrected chi connectivity index (χ3v) is 3.44. The van der Waals surface area contributed by atoms with Gasteiger partial charge in [-0.3, -0.25) is 0 Å². The van der Waals surface area contributed by atoms with E-state index in [0.717, 1.165) is 36.5 Å². The standard InChI is InChI=1S/C17H29NO2/c1-3-4-5-6-7-8-13-20-17-10-9-16(19-2)14-15(17)11-12-18/h9-10,14H,3-8,11-13,18H2,1-2H3. The first-order valence-electron chi connectivity index (χ1n) is 7.81. The predicted molar refractivity (Wildman–Crippen MR) is 84.6 cm³/mol. The molecule has 0 aliphatic rings. The Morgan fingerprint density at radius 3 is 2.50 bits per heavy atom. The predicted octanol–water partition coefficient (Wildman–Crippen LogP) is 3.94. The van der Waals surface area contributed by atoms with Gasteiger partial charge < -0.3 is 15.2 Å². The van der Waals surface area contributed by atoms with E-state index in [2.05, 4.69) is 6.92 Å². The number of benzene rings is 1. The Bertz CT molecular complexity index is 366. The molecular formula is C17H29NO2. The first-order valence-corrected chi connectivity index (χ1v) is 7.81. The number of hydrogen-bond acceptors (Lipinski definition) is 3. The zero-order valence-corrected chi connectivity index (χ0v) is 13.0. The summed E-state index contributed by atoms with van der Waals surface area (Å²) in [6.45, 7) is 3.66. The minimum atomic E-state index is 0.626. The third-order valence-electron chi connectivity index (χ3n) is 3.44. The highest BCUT2D eigenvalue weighted by molar-refractivity contribution is 5.40. The molecule has 0 saturated heterocycles. The molecule has 1 rings (SSSR count). The van der Waals surface area contributed by atoms with Crippen LogP contribution < -0.4 is 15.2 Å². The van der Waals surface area contributed by atoms with Gasteiger partial charge in [-0.1, -0.05) is 39.0 Å². The molecule has 114 valence electrons. The van der Waals surface area contributed by atoms with Crippen molar-refractivity contribution in [2.75, 3.05) is 20.3 Å². The van der Waals surface area contributed by atoms with Crippen molar-refractivity contribution in [3.8, 4) is 11.5 Å². The van der Waals surface area contributed by atoms with Gasteiger partial charge >= 0.3 is 0 Å². The molecule has 20 heavy (non-hydrogen) atoms. The van der Waals surface area contributed by atoms with Gasteiger partial charge in [-0.05, 0) is 43.1 Å². The van der Waals surface area contributed by atoms with E-state index in [0.29, 0.717) is 6.54 Å². The zero-order valence-electron chi connectivity index (χ0n) is 13.0. The first-order chi connectivity index (χ1) is 9.81. The van der Waals surface area contributed by atoms with Crippen LogP contribution in [-0.4, -0.2) is 20.3 Å². The van der Waals surface area contributed by atoms with Crippen LogP contribution in [0.3, 0.4) is 0 Å². The van der Waals surface area contributed by atoms with Gasteiger partial charge in [0.15, 0.2) is 0 Å². The summed E-state index contributed by atoms with van der Waals surface area (Å²) >= 11 is 0. The molecule has 0 atom stereocenters. The van der Waals surface area contributed by atoms with E-state index in [4.69, 9.17) is 15.2 Å². The molecule has 0 aliphatic carbocycles. The van der Waals surface area contributed by atoms with Gasteiger partial charge in [-0.25, -0.2) is 0 Å². The van der Waals surface area contributed by atoms with Crippen molar-refractivity contribution in [1.82, 2.24) is 0 Å². The molecule has 0 amide bonds. The zero-order chi connectivity index (χ0) is 14.6. The average Bonchev–Trinajstić information content (AvgIpc) is 2.47. The Balaban J connectivity index is 2.35. The van der Waals surface area contributed by atoms with Crippen molar-refractivity contribution >= 4 is 0 Å². The van der Waals surface area contributed by atoms with E-state index >= 15 is 0 Å². The van der Waals surface area contributed by atoms with Gasteiger partial charge in [0, 0.05) is 0 Å². The van der Waals surface area contributed by atoms with Crippen LogP contribution in [0.25, 0.3) is 0 Å². The second-order valence-corrected chi connectivity index (χ2v) is 5.13. The highest BCUT2D eigenvalue weighted by Gasteiger charge is 2.05. The van der Waals surface area contributed by atoms with E-state index in [9.17, 15) is 0 Å². The lowest BCUT2D eigenvalue weighted by atomic mass is 10.1. The van der Waals surface area contributed by atoms with E-state index in [1.54, 1.807) is 7.11 Å². The van der Waals surface area contributed by atoms with E-state index in [1.807, 2.05) is 18.2 Å². The van der Waals surface area contributed by atoms with Crippen molar-refractivity contribution in [2.45, 2.75) is 51.9 Å². The molecular weight excluding hydrogens is 250 g/mol. The number of methoxy groups -OCH3 is 1. The van der Waals surface area contributed by atoms with Crippen LogP contribution >= 0.6 is 0 Å². The lowest BCUT2D eigenvalue weighted by molar-refractivity contribution is 0.300. The van der Waals surface area contributed by atoms with Gasteiger partial charge in [0.1, 0.15) is 11.5 Å². The van der Waals surface area contributed by atoms with Crippen molar-refractivity contribution < 1.29 is 9.47 Å². The summed E-state index contributed by atoms with van der Waals surface area (Å²) in [7, 11) is 1.68. The molecule has 0 saturated carbocycles. The molecule has 1 aromatic carbocycles. The Morgan fingerprint density at radius 2 is 1.80 bits per heavy atom. The van der Waals surface area contributed by atoms with Crippen LogP contribution in [0.2, 0.25) is 0 Å². The highest BCUT2D eigenvalue weighted by Crippen LogP contribution is 2.24. The molecule has 3 heteroatoms. The summed E-state index contributed by atoms with van der Waals surface area (Å²) in [5.74, 6) is 1.81. The van der Waals surface area contributed by atoms with Gasteiger partial charge in [0.2, 0.25) is 0 Å². The minimum Gasteiger partial charge on any atom is -0.497 e. The second kappa shape index (κ2) is 10.6. The van der Waals surface area contributed by atoms with Crippen LogP contribution in [0.15, 0.2) is 18.2 Å². The van der Waals surface area contributed by atoms with Gasteiger partial charge in [-0.2, -0.15) is 0 Å². The topological polar surface area (TPSA) is 44.5 Å². The molecule has 0 unspecified atom stereocenters. The minimum absolute atomic E-state index is 0.626. The quantitative estimate of drug-likeness (QED) is 0.624. The fraction of sp³-hybridized carbons (Fsp3) is 0.647. The molecule has 1 aromatic rings. The van der Waals surface area contributed by atoms with E-state index in [-0.39, 0.29) is 0 Å². The third kappa shape index (κ3) is 6.29. The molecule has 0 spiro atoms. The average molecular weight is 279 g/mol. The highest BCUT2D eigenvalue weighted by atomic mass is 16.5. The lowest BCUT2D eigenvalue weighted by Crippen LogP contribution is -2.06. The normalized spacial score (nSPS) is 10.6. The number of hydrogen-bond donors (Lipinski definition) is 1. The van der Waals surface area contributed by atoms with E-state index < -0.39 is 0 Å². The Morgan fingerprint density at radius 1 is 1.05 bits per heavy atom. The summed E-state index contributed by atoms with van der Waals surface area (Å²) in [5, 5.41) is 0. The fourth-order valence-electron chi connectivity index (χ4n) is 2.24. The maximum absolute atomic E-state index is 5.88. The SMILES string of the molecule is CCCCCCCCOc1ccc(OC)cc1CCN. The molecule has 0 aliphatic heterocycles. The monoisotopic (exact) mass is 279 g/mol. The summed E-state index contributed by atoms with van der Waals surface area (Å²) in [6.07, 6.45) is 8.50. The first kappa shape index (κ1) is 16.8. The summed E-state index contributed by atoms with van der Waals surface area (Å²) in [4.78, 5) is 0. The Hall–Kier alpha value is -1.22. The smallest absolute Gasteiger partial charge is 0.122 e. The van der Waals surface area contributed by atoms with E-state index in [1.165, 1.54) is 32.1 Å². The molecule has 2 N–H and O–H groups in total. The van der Waals surface area contributed by atoms with Gasteiger partial charge in [0.25, 0.3) is 0 Å². The molecule has 0 radical (unpaired) electrons. The summed E-state index contributed by atoms with van der Waals surface area (Å²) in [6, 6.07) is 5.95. The fourth-order valence-corrected chi connectivity index (χ4v) is 2.24. The second-order valence-electron chi connectivity index (χ2n) is 5.13. The van der Waals surface area contributed by atoms with Crippen molar-refractivity contribution in [1.29, 1.82) is 0 Å². The molecule has 0 bridgehead atoms. The number of rotatable bonds is 11. The van der Waals surface area contributed by atoms with Crippen molar-refractivity contribution in [3.05, 3.63) is 23.8 Å². The molecule has 3 nitrogen and oxygen atoms in total. The van der Waals surface area contributed by atoms with Crippen LogP contribution in [0.5, 0.6) is 11.5 Å². The maximum Gasteiger partial charge on any atom is 0.122 e. The maximum atomic E-state index is 5.88. The van der Waals surface area contributed by atoms with Crippen LogP contribution in [0, 0.1) is 0 Å². The Kier molecular flexibility index (Phi) is 8.88. The molecule has 0 heterocycles. The molecule has 0 fully saturated rings. The van der Waals surface area contributed by atoms with Crippen LogP contribution in [-0.2, 0) is 6.42 Å². The summed E-state index contributed by atoms with van der Waals surface area (Å²) in [5.41, 5.74) is 6.78. The number of nitrogens with two attached hydrogens (primary N) is 1. The van der Waals surface area contributed by atoms with Crippen LogP contribution in [0.1, 0.15) is 51.0 Å². The van der Waals surface area contributed by atoms with Gasteiger partial charge in [0.05, 0.1) is 13.7 Å². The van der Waals surface area contributed by atoms with Gasteiger partial charge in [-0.15, -0.1) is 0 Å². The number of ether oxygens (including phenoxy) is 2. The lowest BCUT2D eigenvalue weighted by Gasteiger charge is -2.12. The molecule has 0 aromatic heterocycles. The number of unbranched alkanes of at least 4 members (excludes halogenated alkanes) is 5. The summed E-state index contributed by atoms with van der Waals surface area (Å²) < 4.78 is 11.1. The van der Waals surface area contributed by atoms with Crippen molar-refractivity contribution in [2.24, 2.45) is 5.73 Å². The van der Waals surface area contributed by atoms with Crippen LogP contribution in [0.4, 0.5) is 0 Å². The van der Waals surface area contributed by atoms with Crippen molar-refractivity contribution in [3.63, 3.8) is 0 Å². The largest absolute Gasteiger partial charge is 0.497 e.